The van der Waals surface area contributed by atoms with Gasteiger partial charge < -0.3 is 21.5 Å². The number of aryl methyl sites for hydroxylation is 2. The molecular formula is C27H31N7O. The Morgan fingerprint density at radius 3 is 2.94 bits per heavy atom. The lowest BCUT2D eigenvalue weighted by molar-refractivity contribution is 0.474. The minimum absolute atomic E-state index is 0.222. The number of nitrogens with one attached hydrogen (secondary N) is 2. The van der Waals surface area contributed by atoms with E-state index in [0.717, 1.165) is 70.6 Å². The van der Waals surface area contributed by atoms with E-state index in [1.807, 2.05) is 29.9 Å². The second kappa shape index (κ2) is 9.76. The Labute approximate surface area is 204 Å². The van der Waals surface area contributed by atoms with Crippen LogP contribution in [-0.4, -0.2) is 44.7 Å². The molecule has 5 rings (SSSR count). The number of phenolic OH excluding ortho intramolecular Hbond substituents is 1. The molecule has 0 amide bonds. The molecule has 35 heavy (non-hydrogen) atoms. The molecule has 1 aromatic carbocycles. The Kier molecular flexibility index (Phi) is 6.37. The first-order valence-corrected chi connectivity index (χ1v) is 12.1. The Morgan fingerprint density at radius 2 is 2.17 bits per heavy atom. The maximum atomic E-state index is 9.86. The van der Waals surface area contributed by atoms with Crippen molar-refractivity contribution in [3.05, 3.63) is 71.8 Å². The van der Waals surface area contributed by atoms with Gasteiger partial charge in [0.1, 0.15) is 11.6 Å². The highest BCUT2D eigenvalue weighted by Crippen LogP contribution is 2.31. The normalized spacial score (nSPS) is 16.2. The zero-order valence-electron chi connectivity index (χ0n) is 20.1. The van der Waals surface area contributed by atoms with Gasteiger partial charge in [0.2, 0.25) is 0 Å². The van der Waals surface area contributed by atoms with Gasteiger partial charge >= 0.3 is 0 Å². The highest BCUT2D eigenvalue weighted by molar-refractivity contribution is 6.06. The molecule has 4 heterocycles. The monoisotopic (exact) mass is 469 g/mol. The number of hydrogen-bond acceptors (Lipinski definition) is 6. The third-order valence-corrected chi connectivity index (χ3v) is 6.64. The van der Waals surface area contributed by atoms with Crippen molar-refractivity contribution in [2.24, 2.45) is 10.7 Å². The summed E-state index contributed by atoms with van der Waals surface area (Å²) in [6, 6.07) is 9.70. The Bertz CT molecular complexity index is 1390. The van der Waals surface area contributed by atoms with Crippen LogP contribution in [0.3, 0.4) is 0 Å². The van der Waals surface area contributed by atoms with Crippen LogP contribution in [0.5, 0.6) is 5.75 Å². The molecule has 0 bridgehead atoms. The van der Waals surface area contributed by atoms with Gasteiger partial charge in [-0.05, 0) is 74.2 Å². The molecule has 1 aliphatic rings. The molecule has 8 heteroatoms. The highest BCUT2D eigenvalue weighted by atomic mass is 16.3. The van der Waals surface area contributed by atoms with E-state index in [-0.39, 0.29) is 5.75 Å². The van der Waals surface area contributed by atoms with Crippen LogP contribution < -0.4 is 16.4 Å². The standard InChI is InChI=1S/C27H31N7O/c1-3-18-11-21(35)6-7-24(18)33-27(28)23-15-32-34-16-19(22-14-29-10-8-17(22)2)12-25(34)26(23)31-13-20-5-4-9-30-20/h6-8,10-12,14-16,20,30-31,35H,3-5,9,13H2,1-2H3,(H2,28,33). The SMILES string of the molecule is CCc1cc(O)ccc1N=C(N)c1cnn2cc(-c3cnccc3C)cc2c1NCC1CCCN1. The number of aromatic nitrogens is 3. The van der Waals surface area contributed by atoms with E-state index >= 15 is 0 Å². The van der Waals surface area contributed by atoms with Crippen molar-refractivity contribution in [3.63, 3.8) is 0 Å². The smallest absolute Gasteiger partial charge is 0.135 e. The van der Waals surface area contributed by atoms with E-state index < -0.39 is 0 Å². The van der Waals surface area contributed by atoms with Crippen LogP contribution >= 0.6 is 0 Å². The van der Waals surface area contributed by atoms with Gasteiger partial charge in [-0.15, -0.1) is 0 Å². The third kappa shape index (κ3) is 4.70. The molecule has 0 radical (unpaired) electrons. The third-order valence-electron chi connectivity index (χ3n) is 6.64. The lowest BCUT2D eigenvalue weighted by Crippen LogP contribution is -2.30. The van der Waals surface area contributed by atoms with Gasteiger partial charge in [0, 0.05) is 42.3 Å². The van der Waals surface area contributed by atoms with Crippen LogP contribution in [0.25, 0.3) is 16.6 Å². The number of aromatic hydroxyl groups is 1. The van der Waals surface area contributed by atoms with Crippen molar-refractivity contribution in [2.75, 3.05) is 18.4 Å². The van der Waals surface area contributed by atoms with Crippen molar-refractivity contribution in [1.82, 2.24) is 19.9 Å². The van der Waals surface area contributed by atoms with Crippen molar-refractivity contribution < 1.29 is 5.11 Å². The maximum absolute atomic E-state index is 9.86. The van der Waals surface area contributed by atoms with Gasteiger partial charge in [-0.25, -0.2) is 9.51 Å². The molecule has 8 nitrogen and oxygen atoms in total. The van der Waals surface area contributed by atoms with E-state index in [4.69, 9.17) is 10.7 Å². The van der Waals surface area contributed by atoms with E-state index in [9.17, 15) is 5.11 Å². The molecule has 0 aliphatic carbocycles. The number of nitrogens with two attached hydrogens (primary N) is 1. The Hall–Kier alpha value is -3.91. The lowest BCUT2D eigenvalue weighted by atomic mass is 10.1. The number of benzene rings is 1. The average Bonchev–Trinajstić information content (AvgIpc) is 3.53. The van der Waals surface area contributed by atoms with Gasteiger partial charge in [-0.3, -0.25) is 4.98 Å². The lowest BCUT2D eigenvalue weighted by Gasteiger charge is -2.17. The minimum Gasteiger partial charge on any atom is -0.508 e. The van der Waals surface area contributed by atoms with Crippen molar-refractivity contribution >= 4 is 22.7 Å². The predicted octanol–water partition coefficient (Wildman–Crippen LogP) is 4.17. The molecule has 3 aromatic heterocycles. The number of rotatable bonds is 7. The maximum Gasteiger partial charge on any atom is 0.135 e. The first kappa shape index (κ1) is 22.9. The summed E-state index contributed by atoms with van der Waals surface area (Å²) >= 11 is 0. The summed E-state index contributed by atoms with van der Waals surface area (Å²) in [5.74, 6) is 0.600. The summed E-state index contributed by atoms with van der Waals surface area (Å²) in [5.41, 5.74) is 14.1. The van der Waals surface area contributed by atoms with Crippen molar-refractivity contribution in [3.8, 4) is 16.9 Å². The number of fused-ring (bicyclic) bond motifs is 1. The first-order valence-electron chi connectivity index (χ1n) is 12.1. The Morgan fingerprint density at radius 1 is 1.29 bits per heavy atom. The molecule has 1 fully saturated rings. The zero-order valence-corrected chi connectivity index (χ0v) is 20.1. The number of anilines is 1. The fraction of sp³-hybridized carbons (Fsp3) is 0.296. The van der Waals surface area contributed by atoms with Crippen LogP contribution in [-0.2, 0) is 6.42 Å². The van der Waals surface area contributed by atoms with Gasteiger partial charge in [0.25, 0.3) is 0 Å². The topological polar surface area (TPSA) is 113 Å². The molecule has 1 aliphatic heterocycles. The molecule has 180 valence electrons. The van der Waals surface area contributed by atoms with Gasteiger partial charge in [-0.1, -0.05) is 6.92 Å². The Balaban J connectivity index is 1.60. The number of pyridine rings is 1. The van der Waals surface area contributed by atoms with Crippen LogP contribution in [0.2, 0.25) is 0 Å². The second-order valence-electron chi connectivity index (χ2n) is 9.02. The van der Waals surface area contributed by atoms with Crippen LogP contribution in [0, 0.1) is 6.92 Å². The second-order valence-corrected chi connectivity index (χ2v) is 9.02. The molecular weight excluding hydrogens is 438 g/mol. The van der Waals surface area contributed by atoms with E-state index in [1.165, 1.54) is 6.42 Å². The summed E-state index contributed by atoms with van der Waals surface area (Å²) in [6.45, 7) is 5.94. The minimum atomic E-state index is 0.222. The van der Waals surface area contributed by atoms with Crippen molar-refractivity contribution in [2.45, 2.75) is 39.2 Å². The number of nitrogens with zero attached hydrogens (tertiary/aromatic N) is 4. The molecule has 0 saturated carbocycles. The average molecular weight is 470 g/mol. The van der Waals surface area contributed by atoms with Gasteiger partial charge in [0.05, 0.1) is 28.7 Å². The summed E-state index contributed by atoms with van der Waals surface area (Å²) < 4.78 is 1.88. The largest absolute Gasteiger partial charge is 0.508 e. The van der Waals surface area contributed by atoms with Gasteiger partial charge in [0.15, 0.2) is 0 Å². The molecule has 5 N–H and O–H groups in total. The fourth-order valence-electron chi connectivity index (χ4n) is 4.66. The number of aliphatic imine (C=N–C) groups is 1. The summed E-state index contributed by atoms with van der Waals surface area (Å²) in [6.07, 6.45) is 10.5. The summed E-state index contributed by atoms with van der Waals surface area (Å²) in [4.78, 5) is 9.04. The number of phenols is 1. The quantitative estimate of drug-likeness (QED) is 0.239. The summed E-state index contributed by atoms with van der Waals surface area (Å²) in [7, 11) is 0. The van der Waals surface area contributed by atoms with Crippen LogP contribution in [0.15, 0.2) is 60.1 Å². The molecule has 0 spiro atoms. The fourth-order valence-corrected chi connectivity index (χ4v) is 4.66. The van der Waals surface area contributed by atoms with E-state index in [0.29, 0.717) is 11.9 Å². The summed E-state index contributed by atoms with van der Waals surface area (Å²) in [5, 5.41) is 21.7. The predicted molar refractivity (Wildman–Crippen MR) is 141 cm³/mol. The van der Waals surface area contributed by atoms with Crippen LogP contribution in [0.1, 0.15) is 36.5 Å². The zero-order chi connectivity index (χ0) is 24.4. The van der Waals surface area contributed by atoms with Crippen molar-refractivity contribution in [1.29, 1.82) is 0 Å². The number of amidine groups is 1. The molecule has 1 atom stereocenters. The van der Waals surface area contributed by atoms with Gasteiger partial charge in [-0.2, -0.15) is 5.10 Å². The van der Waals surface area contributed by atoms with E-state index in [1.54, 1.807) is 30.6 Å². The van der Waals surface area contributed by atoms with Crippen LogP contribution in [0.4, 0.5) is 11.4 Å². The molecule has 1 saturated heterocycles. The molecule has 1 unspecified atom stereocenters. The number of hydrogen-bond donors (Lipinski definition) is 4. The highest BCUT2D eigenvalue weighted by Gasteiger charge is 2.19. The van der Waals surface area contributed by atoms with E-state index in [2.05, 4.69) is 33.7 Å². The first-order chi connectivity index (χ1) is 17.0. The molecule has 4 aromatic rings.